The number of hydrogen-bond donors (Lipinski definition) is 0. The Labute approximate surface area is 283 Å². The van der Waals surface area contributed by atoms with Crippen molar-refractivity contribution in [3.8, 4) is 0 Å². The summed E-state index contributed by atoms with van der Waals surface area (Å²) in [6.07, 6.45) is 7.16. The zero-order chi connectivity index (χ0) is 32.9. The van der Waals surface area contributed by atoms with E-state index in [1.54, 1.807) is 17.8 Å². The van der Waals surface area contributed by atoms with Gasteiger partial charge in [0.1, 0.15) is 5.71 Å². The van der Waals surface area contributed by atoms with Crippen LogP contribution in [0.15, 0.2) is 94.6 Å². The summed E-state index contributed by atoms with van der Waals surface area (Å²) in [5.74, 6) is -0.530. The maximum absolute atomic E-state index is 13.8. The molecular weight excluding hydrogens is 634 g/mol. The van der Waals surface area contributed by atoms with Gasteiger partial charge in [-0.2, -0.15) is 0 Å². The molecule has 1 fully saturated rings. The number of Topliss-reactive ketones (excluding diaryl/α,β-unsaturated/α-hetero) is 2. The van der Waals surface area contributed by atoms with Crippen molar-refractivity contribution in [1.29, 1.82) is 0 Å². The number of aryl methyl sites for hydroxylation is 1. The molecule has 4 aromatic rings. The molecule has 1 unspecified atom stereocenters. The zero-order valence-electron chi connectivity index (χ0n) is 26.4. The van der Waals surface area contributed by atoms with E-state index in [0.717, 1.165) is 65.2 Å². The molecule has 0 bridgehead atoms. The molecule has 47 heavy (non-hydrogen) atoms. The minimum Gasteiger partial charge on any atom is -0.378 e. The largest absolute Gasteiger partial charge is 0.378 e. The minimum absolute atomic E-state index is 0.0686. The standard InChI is InChI=1S/C37H36ClN3O5S/c1-3-41-34-14-6-26(36(43)25-4-10-29(11-5-25)40-17-19-45-20-18-40)22-31(34)32-23-27(7-15-35(32)41)37(44)33(39-46-24(2)42)16-21-47-30-12-8-28(38)9-13-30/h4,6-15,22-23,25H,3,5,16-21H2,1-2H3/b39-33+. The Morgan fingerprint density at radius 1 is 0.979 bits per heavy atom. The van der Waals surface area contributed by atoms with Crippen LogP contribution in [-0.4, -0.2) is 64.8 Å². The highest BCUT2D eigenvalue weighted by Crippen LogP contribution is 2.33. The number of ether oxygens (including phenoxy) is 1. The van der Waals surface area contributed by atoms with Gasteiger partial charge in [0, 0.05) is 93.2 Å². The van der Waals surface area contributed by atoms with Crippen LogP contribution in [-0.2, 0) is 20.9 Å². The van der Waals surface area contributed by atoms with Gasteiger partial charge >= 0.3 is 5.97 Å². The van der Waals surface area contributed by atoms with E-state index in [4.69, 9.17) is 21.2 Å². The molecule has 0 saturated carbocycles. The molecule has 0 spiro atoms. The molecule has 0 N–H and O–H groups in total. The Kier molecular flexibility index (Phi) is 10.3. The minimum atomic E-state index is -0.597. The number of aromatic nitrogens is 1. The topological polar surface area (TPSA) is 90.2 Å². The second kappa shape index (κ2) is 14.7. The number of morpholine rings is 1. The van der Waals surface area contributed by atoms with Crippen molar-refractivity contribution in [3.05, 3.63) is 101 Å². The summed E-state index contributed by atoms with van der Waals surface area (Å²) >= 11 is 7.56. The van der Waals surface area contributed by atoms with E-state index in [2.05, 4.69) is 33.7 Å². The highest BCUT2D eigenvalue weighted by Gasteiger charge is 2.23. The van der Waals surface area contributed by atoms with E-state index in [9.17, 15) is 14.4 Å². The molecule has 3 aromatic carbocycles. The van der Waals surface area contributed by atoms with Crippen molar-refractivity contribution in [2.24, 2.45) is 11.1 Å². The first-order valence-electron chi connectivity index (χ1n) is 15.8. The Balaban J connectivity index is 1.26. The van der Waals surface area contributed by atoms with Crippen molar-refractivity contribution >= 4 is 68.4 Å². The highest BCUT2D eigenvalue weighted by atomic mass is 35.5. The third kappa shape index (κ3) is 7.38. The second-order valence-corrected chi connectivity index (χ2v) is 13.1. The number of fused-ring (bicyclic) bond motifs is 3. The Bertz CT molecular complexity index is 1920. The van der Waals surface area contributed by atoms with Crippen LogP contribution >= 0.6 is 23.4 Å². The number of thioether (sulfide) groups is 1. The number of rotatable bonds is 11. The molecule has 1 aromatic heterocycles. The molecule has 1 saturated heterocycles. The number of benzene rings is 3. The smallest absolute Gasteiger partial charge is 0.331 e. The average molecular weight is 670 g/mol. The van der Waals surface area contributed by atoms with Crippen molar-refractivity contribution in [3.63, 3.8) is 0 Å². The van der Waals surface area contributed by atoms with Crippen LogP contribution in [0.4, 0.5) is 0 Å². The summed E-state index contributed by atoms with van der Waals surface area (Å²) in [6, 6.07) is 18.9. The lowest BCUT2D eigenvalue weighted by molar-refractivity contribution is -0.140. The fourth-order valence-electron chi connectivity index (χ4n) is 6.10. The maximum atomic E-state index is 13.8. The molecule has 0 radical (unpaired) electrons. The first-order valence-corrected chi connectivity index (χ1v) is 17.2. The van der Waals surface area contributed by atoms with Gasteiger partial charge in [0.15, 0.2) is 5.78 Å². The van der Waals surface area contributed by atoms with Crippen LogP contribution < -0.4 is 0 Å². The van der Waals surface area contributed by atoms with Crippen LogP contribution in [0.3, 0.4) is 0 Å². The molecule has 1 atom stereocenters. The maximum Gasteiger partial charge on any atom is 0.331 e. The first-order chi connectivity index (χ1) is 22.8. The average Bonchev–Trinajstić information content (AvgIpc) is 3.42. The predicted octanol–water partition coefficient (Wildman–Crippen LogP) is 7.73. The number of hydrogen-bond acceptors (Lipinski definition) is 8. The number of carbonyl (C=O) groups excluding carboxylic acids is 3. The number of ketones is 2. The second-order valence-electron chi connectivity index (χ2n) is 11.5. The zero-order valence-corrected chi connectivity index (χ0v) is 28.0. The molecule has 0 amide bonds. The van der Waals surface area contributed by atoms with Gasteiger partial charge < -0.3 is 19.0 Å². The molecule has 8 nitrogen and oxygen atoms in total. The van der Waals surface area contributed by atoms with E-state index < -0.39 is 5.97 Å². The molecule has 1 aliphatic carbocycles. The van der Waals surface area contributed by atoms with Gasteiger partial charge in [0.2, 0.25) is 5.78 Å². The lowest BCUT2D eigenvalue weighted by Gasteiger charge is -2.31. The Hall–Kier alpha value is -4.18. The van der Waals surface area contributed by atoms with Crippen LogP contribution in [0.5, 0.6) is 0 Å². The van der Waals surface area contributed by atoms with Crippen LogP contribution in [0.2, 0.25) is 5.02 Å². The van der Waals surface area contributed by atoms with Crippen molar-refractivity contribution in [2.45, 2.75) is 38.1 Å². The Morgan fingerprint density at radius 2 is 1.66 bits per heavy atom. The van der Waals surface area contributed by atoms with Crippen LogP contribution in [0.25, 0.3) is 21.8 Å². The van der Waals surface area contributed by atoms with E-state index in [1.807, 2.05) is 60.7 Å². The SMILES string of the molecule is CCn1c2ccc(C(=O)/C(CCSc3ccc(Cl)cc3)=N/OC(C)=O)cc2c2cc(C(=O)C3C=CC(N4CCOCC4)=CC3)ccc21. The summed E-state index contributed by atoms with van der Waals surface area (Å²) in [5.41, 5.74) is 4.34. The van der Waals surface area contributed by atoms with Crippen molar-refractivity contribution in [1.82, 2.24) is 9.47 Å². The third-order valence-corrected chi connectivity index (χ3v) is 9.75. The summed E-state index contributed by atoms with van der Waals surface area (Å²) in [6.45, 7) is 7.20. The van der Waals surface area contributed by atoms with Crippen LogP contribution in [0, 0.1) is 5.92 Å². The number of allylic oxidation sites excluding steroid dienone is 3. The fourth-order valence-corrected chi connectivity index (χ4v) is 7.08. The van der Waals surface area contributed by atoms with Crippen LogP contribution in [0.1, 0.15) is 47.4 Å². The molecule has 2 aliphatic rings. The first kappa shape index (κ1) is 32.7. The molecule has 242 valence electrons. The van der Waals surface area contributed by atoms with E-state index in [0.29, 0.717) is 34.7 Å². The van der Waals surface area contributed by atoms with Gasteiger partial charge in [-0.15, -0.1) is 11.8 Å². The molecular formula is C37H36ClN3O5S. The monoisotopic (exact) mass is 669 g/mol. The van der Waals surface area contributed by atoms with Gasteiger partial charge in [0.25, 0.3) is 0 Å². The number of halogens is 1. The fraction of sp³-hybridized carbons (Fsp3) is 0.297. The summed E-state index contributed by atoms with van der Waals surface area (Å²) in [4.78, 5) is 47.3. The Morgan fingerprint density at radius 3 is 2.30 bits per heavy atom. The van der Waals surface area contributed by atoms with Gasteiger partial charge in [-0.25, -0.2) is 4.79 Å². The van der Waals surface area contributed by atoms with Gasteiger partial charge in [-0.1, -0.05) is 28.9 Å². The number of nitrogens with zero attached hydrogens (tertiary/aromatic N) is 3. The number of carbonyl (C=O) groups is 3. The van der Waals surface area contributed by atoms with Gasteiger partial charge in [0.05, 0.1) is 13.2 Å². The van der Waals surface area contributed by atoms with Gasteiger partial charge in [-0.05, 0) is 80.1 Å². The van der Waals surface area contributed by atoms with Crippen molar-refractivity contribution in [2.75, 3.05) is 32.1 Å². The van der Waals surface area contributed by atoms with E-state index in [1.165, 1.54) is 6.92 Å². The third-order valence-electron chi connectivity index (χ3n) is 8.49. The summed E-state index contributed by atoms with van der Waals surface area (Å²) in [5, 5.41) is 6.38. The van der Waals surface area contributed by atoms with E-state index in [-0.39, 0.29) is 23.2 Å². The number of oxime groups is 1. The molecule has 10 heteroatoms. The predicted molar refractivity (Wildman–Crippen MR) is 187 cm³/mol. The molecule has 2 heterocycles. The molecule has 6 rings (SSSR count). The quantitative estimate of drug-likeness (QED) is 0.0531. The lowest BCUT2D eigenvalue weighted by Crippen LogP contribution is -2.35. The normalized spacial score (nSPS) is 16.8. The van der Waals surface area contributed by atoms with Gasteiger partial charge in [-0.3, -0.25) is 9.59 Å². The van der Waals surface area contributed by atoms with Crippen molar-refractivity contribution < 1.29 is 24.0 Å². The van der Waals surface area contributed by atoms with E-state index >= 15 is 0 Å². The summed E-state index contributed by atoms with van der Waals surface area (Å²) < 4.78 is 7.66. The highest BCUT2D eigenvalue weighted by molar-refractivity contribution is 7.99. The lowest BCUT2D eigenvalue weighted by atomic mass is 9.90. The molecule has 1 aliphatic heterocycles. The summed E-state index contributed by atoms with van der Waals surface area (Å²) in [7, 11) is 0.